The van der Waals surface area contributed by atoms with Crippen LogP contribution in [0.15, 0.2) is 30.5 Å². The van der Waals surface area contributed by atoms with Crippen molar-refractivity contribution >= 4 is 10.9 Å². The first-order chi connectivity index (χ1) is 8.36. The average Bonchev–Trinajstić information content (AvgIpc) is 2.79. The van der Waals surface area contributed by atoms with Gasteiger partial charge in [0, 0.05) is 11.9 Å². The maximum Gasteiger partial charge on any atom is 0.0686 e. The smallest absolute Gasteiger partial charge is 0.0686 e. The van der Waals surface area contributed by atoms with Crippen molar-refractivity contribution in [1.82, 2.24) is 15.1 Å². The highest BCUT2D eigenvalue weighted by Crippen LogP contribution is 2.19. The van der Waals surface area contributed by atoms with E-state index >= 15 is 0 Å². The van der Waals surface area contributed by atoms with Crippen molar-refractivity contribution in [2.24, 2.45) is 0 Å². The lowest BCUT2D eigenvalue weighted by Crippen LogP contribution is -2.26. The second kappa shape index (κ2) is 5.82. The minimum absolute atomic E-state index is 0.446. The van der Waals surface area contributed by atoms with Crippen LogP contribution in [0.4, 0.5) is 0 Å². The molecule has 2 rings (SSSR count). The molecule has 0 saturated heterocycles. The Morgan fingerprint density at radius 3 is 2.88 bits per heavy atom. The van der Waals surface area contributed by atoms with Crippen molar-refractivity contribution in [2.45, 2.75) is 32.7 Å². The molecule has 1 aromatic carbocycles. The van der Waals surface area contributed by atoms with E-state index in [4.69, 9.17) is 0 Å². The standard InChI is InChI=1S/C14H21N3/c1-3-9-15-11-13(4-2)17-14-8-6-5-7-12(14)10-16-17/h5-8,10,13,15H,3-4,9,11H2,1-2H3. The van der Waals surface area contributed by atoms with Gasteiger partial charge in [-0.2, -0.15) is 5.10 Å². The Hall–Kier alpha value is -1.35. The van der Waals surface area contributed by atoms with Crippen LogP contribution in [0.25, 0.3) is 10.9 Å². The summed E-state index contributed by atoms with van der Waals surface area (Å²) < 4.78 is 2.15. The fourth-order valence-corrected chi connectivity index (χ4v) is 2.13. The Morgan fingerprint density at radius 1 is 1.29 bits per heavy atom. The van der Waals surface area contributed by atoms with Crippen LogP contribution in [0, 0.1) is 0 Å². The summed E-state index contributed by atoms with van der Waals surface area (Å²) in [6.45, 7) is 6.48. The van der Waals surface area contributed by atoms with Gasteiger partial charge in [-0.3, -0.25) is 4.68 Å². The number of para-hydroxylation sites is 1. The zero-order chi connectivity index (χ0) is 12.1. The van der Waals surface area contributed by atoms with Gasteiger partial charge in [-0.25, -0.2) is 0 Å². The summed E-state index contributed by atoms with van der Waals surface area (Å²) in [4.78, 5) is 0. The van der Waals surface area contributed by atoms with Crippen molar-refractivity contribution in [2.75, 3.05) is 13.1 Å². The van der Waals surface area contributed by atoms with E-state index < -0.39 is 0 Å². The number of hydrogen-bond acceptors (Lipinski definition) is 2. The van der Waals surface area contributed by atoms with Gasteiger partial charge in [0.05, 0.1) is 17.8 Å². The van der Waals surface area contributed by atoms with Crippen molar-refractivity contribution < 1.29 is 0 Å². The maximum absolute atomic E-state index is 4.52. The molecule has 0 bridgehead atoms. The summed E-state index contributed by atoms with van der Waals surface area (Å²) in [5.41, 5.74) is 1.23. The van der Waals surface area contributed by atoms with E-state index in [2.05, 4.69) is 53.2 Å². The second-order valence-corrected chi connectivity index (χ2v) is 4.41. The topological polar surface area (TPSA) is 29.9 Å². The molecule has 17 heavy (non-hydrogen) atoms. The van der Waals surface area contributed by atoms with Crippen LogP contribution < -0.4 is 5.32 Å². The molecule has 0 spiro atoms. The zero-order valence-corrected chi connectivity index (χ0v) is 10.7. The summed E-state index contributed by atoms with van der Waals surface area (Å²) in [6.07, 6.45) is 4.23. The first-order valence-corrected chi connectivity index (χ1v) is 6.49. The molecule has 1 unspecified atom stereocenters. The monoisotopic (exact) mass is 231 g/mol. The van der Waals surface area contributed by atoms with Crippen molar-refractivity contribution in [1.29, 1.82) is 0 Å². The number of aromatic nitrogens is 2. The molecule has 0 saturated carbocycles. The predicted octanol–water partition coefficient (Wildman–Crippen LogP) is 2.99. The fourth-order valence-electron chi connectivity index (χ4n) is 2.13. The Kier molecular flexibility index (Phi) is 4.15. The summed E-state index contributed by atoms with van der Waals surface area (Å²) in [5, 5.41) is 9.22. The van der Waals surface area contributed by atoms with Gasteiger partial charge >= 0.3 is 0 Å². The molecule has 1 atom stereocenters. The lowest BCUT2D eigenvalue weighted by molar-refractivity contribution is 0.423. The summed E-state index contributed by atoms with van der Waals surface area (Å²) in [7, 11) is 0. The van der Waals surface area contributed by atoms with Gasteiger partial charge in [0.2, 0.25) is 0 Å². The van der Waals surface area contributed by atoms with Crippen molar-refractivity contribution in [3.05, 3.63) is 30.5 Å². The number of nitrogens with zero attached hydrogens (tertiary/aromatic N) is 2. The summed E-state index contributed by atoms with van der Waals surface area (Å²) in [6, 6.07) is 8.84. The largest absolute Gasteiger partial charge is 0.315 e. The van der Waals surface area contributed by atoms with Crippen molar-refractivity contribution in [3.63, 3.8) is 0 Å². The zero-order valence-electron chi connectivity index (χ0n) is 10.7. The third-order valence-corrected chi connectivity index (χ3v) is 3.13. The quantitative estimate of drug-likeness (QED) is 0.775. The van der Waals surface area contributed by atoms with E-state index in [1.54, 1.807) is 0 Å². The van der Waals surface area contributed by atoms with Crippen LogP contribution >= 0.6 is 0 Å². The van der Waals surface area contributed by atoms with Crippen molar-refractivity contribution in [3.8, 4) is 0 Å². The SMILES string of the molecule is CCCNCC(CC)n1ncc2ccccc21. The Labute approximate surface area is 103 Å². The molecule has 0 amide bonds. The second-order valence-electron chi connectivity index (χ2n) is 4.41. The van der Waals surface area contributed by atoms with Gasteiger partial charge in [-0.1, -0.05) is 32.0 Å². The fraction of sp³-hybridized carbons (Fsp3) is 0.500. The normalized spacial score (nSPS) is 13.1. The molecule has 1 aromatic heterocycles. The van der Waals surface area contributed by atoms with Crippen LogP contribution in [0.5, 0.6) is 0 Å². The number of benzene rings is 1. The van der Waals surface area contributed by atoms with E-state index in [0.29, 0.717) is 6.04 Å². The average molecular weight is 231 g/mol. The van der Waals surface area contributed by atoms with Gasteiger partial charge in [0.1, 0.15) is 0 Å². The first kappa shape index (κ1) is 12.1. The molecular weight excluding hydrogens is 210 g/mol. The highest BCUT2D eigenvalue weighted by atomic mass is 15.3. The Balaban J connectivity index is 2.18. The first-order valence-electron chi connectivity index (χ1n) is 6.49. The third-order valence-electron chi connectivity index (χ3n) is 3.13. The number of rotatable bonds is 6. The van der Waals surface area contributed by atoms with E-state index in [1.165, 1.54) is 17.3 Å². The van der Waals surface area contributed by atoms with E-state index in [9.17, 15) is 0 Å². The number of fused-ring (bicyclic) bond motifs is 1. The molecule has 2 aromatic rings. The van der Waals surface area contributed by atoms with Crippen LogP contribution in [0.2, 0.25) is 0 Å². The number of nitrogens with one attached hydrogen (secondary N) is 1. The minimum Gasteiger partial charge on any atom is -0.315 e. The molecule has 1 N–H and O–H groups in total. The molecule has 0 aliphatic carbocycles. The van der Waals surface area contributed by atoms with Gasteiger partial charge in [0.15, 0.2) is 0 Å². The molecule has 92 valence electrons. The molecule has 0 radical (unpaired) electrons. The van der Waals surface area contributed by atoms with Gasteiger partial charge in [-0.15, -0.1) is 0 Å². The van der Waals surface area contributed by atoms with Crippen LogP contribution in [-0.4, -0.2) is 22.9 Å². The molecule has 1 heterocycles. The summed E-state index contributed by atoms with van der Waals surface area (Å²) >= 11 is 0. The highest BCUT2D eigenvalue weighted by Gasteiger charge is 2.11. The maximum atomic E-state index is 4.52. The molecule has 3 nitrogen and oxygen atoms in total. The van der Waals surface area contributed by atoms with Crippen LogP contribution in [0.3, 0.4) is 0 Å². The van der Waals surface area contributed by atoms with Crippen LogP contribution in [0.1, 0.15) is 32.7 Å². The van der Waals surface area contributed by atoms with E-state index in [1.807, 2.05) is 6.20 Å². The minimum atomic E-state index is 0.446. The summed E-state index contributed by atoms with van der Waals surface area (Å²) in [5.74, 6) is 0. The molecule has 0 aliphatic heterocycles. The van der Waals surface area contributed by atoms with E-state index in [-0.39, 0.29) is 0 Å². The lowest BCUT2D eigenvalue weighted by Gasteiger charge is -2.17. The lowest BCUT2D eigenvalue weighted by atomic mass is 10.2. The van der Waals surface area contributed by atoms with Gasteiger partial charge < -0.3 is 5.32 Å². The Bertz CT molecular complexity index is 461. The number of hydrogen-bond donors (Lipinski definition) is 1. The molecular formula is C14H21N3. The van der Waals surface area contributed by atoms with Gasteiger partial charge in [0.25, 0.3) is 0 Å². The molecule has 0 aliphatic rings. The molecule has 0 fully saturated rings. The van der Waals surface area contributed by atoms with Crippen LogP contribution in [-0.2, 0) is 0 Å². The predicted molar refractivity (Wildman–Crippen MR) is 72.2 cm³/mol. The highest BCUT2D eigenvalue weighted by molar-refractivity contribution is 5.78. The third kappa shape index (κ3) is 2.67. The van der Waals surface area contributed by atoms with Gasteiger partial charge in [-0.05, 0) is 25.5 Å². The molecule has 3 heteroatoms. The Morgan fingerprint density at radius 2 is 2.12 bits per heavy atom. The van der Waals surface area contributed by atoms with E-state index in [0.717, 1.165) is 19.5 Å².